The van der Waals surface area contributed by atoms with Crippen LogP contribution in [0.2, 0.25) is 5.02 Å². The maximum atomic E-state index is 14.3. The molecule has 0 radical (unpaired) electrons. The molecular weight excluding hydrogens is 263 g/mol. The lowest BCUT2D eigenvalue weighted by molar-refractivity contribution is 0.0933. The molecule has 0 amide bonds. The first-order valence-electron chi connectivity index (χ1n) is 7.07. The number of rotatable bonds is 4. The van der Waals surface area contributed by atoms with Crippen LogP contribution in [-0.2, 0) is 0 Å². The summed E-state index contributed by atoms with van der Waals surface area (Å²) in [5.74, 6) is 0.0314. The highest BCUT2D eigenvalue weighted by atomic mass is 35.5. The molecule has 0 bridgehead atoms. The van der Waals surface area contributed by atoms with E-state index >= 15 is 0 Å². The van der Waals surface area contributed by atoms with E-state index in [1.165, 1.54) is 0 Å². The third-order valence-corrected chi connectivity index (χ3v) is 4.27. The Morgan fingerprint density at radius 1 is 1.47 bits per heavy atom. The van der Waals surface area contributed by atoms with E-state index < -0.39 is 0 Å². The Kier molecular flexibility index (Phi) is 5.20. The van der Waals surface area contributed by atoms with E-state index in [1.54, 1.807) is 6.07 Å². The Labute approximate surface area is 119 Å². The van der Waals surface area contributed by atoms with Gasteiger partial charge in [-0.3, -0.25) is 4.90 Å². The number of nitrogens with two attached hydrogens (primary N) is 1. The van der Waals surface area contributed by atoms with Crippen LogP contribution in [0.5, 0.6) is 0 Å². The smallest absolute Gasteiger partial charge is 0.146 e. The van der Waals surface area contributed by atoms with Crippen LogP contribution in [0, 0.1) is 11.7 Å². The zero-order valence-corrected chi connectivity index (χ0v) is 12.2. The van der Waals surface area contributed by atoms with Crippen LogP contribution in [0.25, 0.3) is 0 Å². The summed E-state index contributed by atoms with van der Waals surface area (Å²) in [6.45, 7) is 4.74. The first kappa shape index (κ1) is 14.8. The highest BCUT2D eigenvalue weighted by molar-refractivity contribution is 6.30. The fourth-order valence-electron chi connectivity index (χ4n) is 3.14. The molecule has 0 saturated carbocycles. The van der Waals surface area contributed by atoms with Gasteiger partial charge >= 0.3 is 0 Å². The van der Waals surface area contributed by atoms with Gasteiger partial charge in [-0.1, -0.05) is 30.7 Å². The van der Waals surface area contributed by atoms with Crippen LogP contribution >= 0.6 is 11.6 Å². The molecule has 1 aliphatic rings. The monoisotopic (exact) mass is 284 g/mol. The van der Waals surface area contributed by atoms with Gasteiger partial charge in [0.05, 0.1) is 5.02 Å². The van der Waals surface area contributed by atoms with Gasteiger partial charge in [0.1, 0.15) is 5.82 Å². The van der Waals surface area contributed by atoms with E-state index in [9.17, 15) is 4.39 Å². The number of nitrogens with zero attached hydrogens (tertiary/aromatic N) is 1. The van der Waals surface area contributed by atoms with Crippen molar-refractivity contribution in [1.29, 1.82) is 0 Å². The average Bonchev–Trinajstić information content (AvgIpc) is 2.42. The Hall–Kier alpha value is -0.640. The van der Waals surface area contributed by atoms with E-state index in [4.69, 9.17) is 17.3 Å². The van der Waals surface area contributed by atoms with Crippen LogP contribution in [0.4, 0.5) is 4.39 Å². The summed E-state index contributed by atoms with van der Waals surface area (Å²) < 4.78 is 14.3. The van der Waals surface area contributed by atoms with Crippen LogP contribution < -0.4 is 5.73 Å². The molecule has 2 rings (SSSR count). The Balaban J connectivity index is 2.36. The van der Waals surface area contributed by atoms with Crippen molar-refractivity contribution < 1.29 is 4.39 Å². The Morgan fingerprint density at radius 2 is 2.26 bits per heavy atom. The number of hydrogen-bond acceptors (Lipinski definition) is 2. The van der Waals surface area contributed by atoms with Crippen molar-refractivity contribution in [1.82, 2.24) is 4.90 Å². The largest absolute Gasteiger partial charge is 0.330 e. The Bertz CT molecular complexity index is 423. The molecule has 2 nitrogen and oxygen atoms in total. The van der Waals surface area contributed by atoms with Crippen molar-refractivity contribution in [3.8, 4) is 0 Å². The first-order valence-corrected chi connectivity index (χ1v) is 7.44. The molecule has 1 aromatic carbocycles. The van der Waals surface area contributed by atoms with Crippen molar-refractivity contribution in [2.24, 2.45) is 11.7 Å². The summed E-state index contributed by atoms with van der Waals surface area (Å²) in [4.78, 5) is 2.36. The van der Waals surface area contributed by atoms with E-state index in [0.29, 0.717) is 18.0 Å². The zero-order chi connectivity index (χ0) is 13.8. The molecule has 1 aliphatic heterocycles. The highest BCUT2D eigenvalue weighted by Crippen LogP contribution is 2.38. The highest BCUT2D eigenvalue weighted by Gasteiger charge is 2.33. The van der Waals surface area contributed by atoms with Crippen molar-refractivity contribution in [3.63, 3.8) is 0 Å². The molecule has 106 valence electrons. The number of halogens is 2. The van der Waals surface area contributed by atoms with Crippen molar-refractivity contribution in [3.05, 3.63) is 34.6 Å². The van der Waals surface area contributed by atoms with Gasteiger partial charge in [-0.15, -0.1) is 0 Å². The topological polar surface area (TPSA) is 29.3 Å². The molecule has 0 aliphatic carbocycles. The lowest BCUT2D eigenvalue weighted by Gasteiger charge is -2.41. The fraction of sp³-hybridized carbons (Fsp3) is 0.600. The molecule has 1 saturated heterocycles. The van der Waals surface area contributed by atoms with Crippen molar-refractivity contribution in [2.45, 2.75) is 32.2 Å². The minimum atomic E-state index is -0.282. The lowest BCUT2D eigenvalue weighted by atomic mass is 9.84. The third-order valence-electron chi connectivity index (χ3n) is 3.97. The standard InChI is InChI=1S/C15H22ClFN2/c1-2-8-19-9-4-5-11(10-18)15(19)12-6-3-7-13(16)14(12)17/h3,6-7,11,15H,2,4-5,8-10,18H2,1H3. The van der Waals surface area contributed by atoms with Gasteiger partial charge in [0.25, 0.3) is 0 Å². The van der Waals surface area contributed by atoms with Gasteiger partial charge < -0.3 is 5.73 Å². The summed E-state index contributed by atoms with van der Waals surface area (Å²) in [6, 6.07) is 5.35. The number of benzene rings is 1. The second-order valence-corrected chi connectivity index (χ2v) is 5.67. The fourth-order valence-corrected chi connectivity index (χ4v) is 3.32. The van der Waals surface area contributed by atoms with Crippen molar-refractivity contribution >= 4 is 11.6 Å². The SMILES string of the molecule is CCCN1CCCC(CN)C1c1cccc(Cl)c1F. The van der Waals surface area contributed by atoms with Gasteiger partial charge in [-0.25, -0.2) is 4.39 Å². The molecular formula is C15H22ClFN2. The summed E-state index contributed by atoms with van der Waals surface area (Å²) >= 11 is 5.92. The summed E-state index contributed by atoms with van der Waals surface area (Å²) in [7, 11) is 0. The molecule has 0 aromatic heterocycles. The van der Waals surface area contributed by atoms with Crippen LogP contribution in [0.3, 0.4) is 0 Å². The van der Waals surface area contributed by atoms with E-state index in [1.807, 2.05) is 12.1 Å². The normalized spacial score (nSPS) is 24.6. The second-order valence-electron chi connectivity index (χ2n) is 5.26. The zero-order valence-electron chi connectivity index (χ0n) is 11.4. The van der Waals surface area contributed by atoms with Crippen LogP contribution in [-0.4, -0.2) is 24.5 Å². The maximum Gasteiger partial charge on any atom is 0.146 e. The molecule has 4 heteroatoms. The van der Waals surface area contributed by atoms with E-state index in [-0.39, 0.29) is 16.9 Å². The van der Waals surface area contributed by atoms with Crippen LogP contribution in [0.15, 0.2) is 18.2 Å². The van der Waals surface area contributed by atoms with E-state index in [2.05, 4.69) is 11.8 Å². The minimum absolute atomic E-state index is 0.0670. The minimum Gasteiger partial charge on any atom is -0.330 e. The van der Waals surface area contributed by atoms with Crippen molar-refractivity contribution in [2.75, 3.05) is 19.6 Å². The Morgan fingerprint density at radius 3 is 2.95 bits per heavy atom. The molecule has 1 aromatic rings. The van der Waals surface area contributed by atoms with Gasteiger partial charge in [0.2, 0.25) is 0 Å². The summed E-state index contributed by atoms with van der Waals surface area (Å²) in [5, 5.41) is 0.204. The molecule has 2 N–H and O–H groups in total. The quantitative estimate of drug-likeness (QED) is 0.915. The second kappa shape index (κ2) is 6.69. The number of piperidine rings is 1. The summed E-state index contributed by atoms with van der Waals surface area (Å²) in [6.07, 6.45) is 3.27. The summed E-state index contributed by atoms with van der Waals surface area (Å²) in [5.41, 5.74) is 6.60. The third kappa shape index (κ3) is 3.10. The van der Waals surface area contributed by atoms with E-state index in [0.717, 1.165) is 32.4 Å². The van der Waals surface area contributed by atoms with Crippen LogP contribution in [0.1, 0.15) is 37.8 Å². The molecule has 1 fully saturated rings. The lowest BCUT2D eigenvalue weighted by Crippen LogP contribution is -2.42. The van der Waals surface area contributed by atoms with Gasteiger partial charge in [0.15, 0.2) is 0 Å². The molecule has 1 heterocycles. The number of hydrogen-bond donors (Lipinski definition) is 1. The molecule has 2 atom stereocenters. The molecule has 19 heavy (non-hydrogen) atoms. The molecule has 0 spiro atoms. The predicted molar refractivity (Wildman–Crippen MR) is 77.8 cm³/mol. The number of likely N-dealkylation sites (tertiary alicyclic amines) is 1. The maximum absolute atomic E-state index is 14.3. The average molecular weight is 285 g/mol. The first-order chi connectivity index (χ1) is 9.19. The van der Waals surface area contributed by atoms with Gasteiger partial charge in [-0.05, 0) is 50.9 Å². The molecule has 2 unspecified atom stereocenters. The van der Waals surface area contributed by atoms with Gasteiger partial charge in [-0.2, -0.15) is 0 Å². The predicted octanol–water partition coefficient (Wildman–Crippen LogP) is 3.60. The van der Waals surface area contributed by atoms with Gasteiger partial charge in [0, 0.05) is 11.6 Å².